The van der Waals surface area contributed by atoms with Crippen LogP contribution in [0, 0.1) is 28.6 Å². The van der Waals surface area contributed by atoms with E-state index in [2.05, 4.69) is 31.9 Å². The Labute approximate surface area is 276 Å². The fourth-order valence-electron chi connectivity index (χ4n) is 9.84. The second kappa shape index (κ2) is 12.7. The number of benzene rings is 1. The minimum absolute atomic E-state index is 0.191. The van der Waals surface area contributed by atoms with Gasteiger partial charge in [0.05, 0.1) is 0 Å². The lowest BCUT2D eigenvalue weighted by atomic mass is 9.52. The highest BCUT2D eigenvalue weighted by atomic mass is 32.2. The highest BCUT2D eigenvalue weighted by molar-refractivity contribution is 7.84. The van der Waals surface area contributed by atoms with E-state index in [1.165, 1.54) is 5.56 Å². The maximum absolute atomic E-state index is 13.3. The highest BCUT2D eigenvalue weighted by Gasteiger charge is 2.58. The molecule has 0 N–H and O–H groups in total. The van der Waals surface area contributed by atoms with Gasteiger partial charge >= 0.3 is 18.2 Å². The van der Waals surface area contributed by atoms with Gasteiger partial charge < -0.3 is 14.5 Å². The Balaban J connectivity index is 1.15. The first-order chi connectivity index (χ1) is 22.1. The van der Waals surface area contributed by atoms with Gasteiger partial charge in [-0.05, 0) is 105 Å². The zero-order valence-electron chi connectivity index (χ0n) is 27.6. The normalized spacial score (nSPS) is 30.6. The fraction of sp³-hybridized carbons (Fsp3) is 0.771. The van der Waals surface area contributed by atoms with Crippen LogP contribution in [0.4, 0.5) is 26.7 Å². The molecule has 1 amide bonds. The van der Waals surface area contributed by atoms with Crippen molar-refractivity contribution >= 4 is 22.7 Å². The van der Waals surface area contributed by atoms with E-state index in [1.54, 1.807) is 4.90 Å². The number of aryl methyl sites for hydroxylation is 1. The molecule has 1 unspecified atom stereocenters. The Bertz CT molecular complexity index is 1400. The van der Waals surface area contributed by atoms with E-state index in [1.807, 2.05) is 6.07 Å². The topological polar surface area (TPSA) is 66.9 Å². The van der Waals surface area contributed by atoms with Crippen molar-refractivity contribution in [3.63, 3.8) is 0 Å². The number of nitrogens with zero attached hydrogens (tertiary/aromatic N) is 2. The molecular weight excluding hydrogens is 639 g/mol. The molecule has 12 heteroatoms. The van der Waals surface area contributed by atoms with Crippen LogP contribution in [0.5, 0.6) is 5.75 Å². The van der Waals surface area contributed by atoms with Crippen molar-refractivity contribution in [1.82, 2.24) is 9.80 Å². The Hall–Kier alpha value is -2.08. The van der Waals surface area contributed by atoms with Crippen LogP contribution in [0.3, 0.4) is 0 Å². The van der Waals surface area contributed by atoms with Crippen LogP contribution in [0.1, 0.15) is 87.8 Å². The largest absolute Gasteiger partial charge is 0.453 e. The summed E-state index contributed by atoms with van der Waals surface area (Å²) >= 11 is 0. The molecule has 47 heavy (non-hydrogen) atoms. The number of alkyl halides is 5. The number of amides is 1. The SMILES string of the molecule is CCc1cc2c(cc1OC(=O)N1CC3(CN(C)C3)C1)C[C@@H](CCCS(=O)CCCC(F)(F)C(F)(F)F)[C@@H]1[C@@H]2CC[C@]2(C)C(=O)CC[C@@H]12. The first-order valence-corrected chi connectivity index (χ1v) is 18.7. The molecule has 1 aromatic carbocycles. The molecule has 2 saturated carbocycles. The summed E-state index contributed by atoms with van der Waals surface area (Å²) in [5, 5.41) is 0. The molecule has 5 aliphatic rings. The van der Waals surface area contributed by atoms with Gasteiger partial charge in [-0.1, -0.05) is 19.9 Å². The lowest BCUT2D eigenvalue weighted by molar-refractivity contribution is -0.284. The van der Waals surface area contributed by atoms with Crippen molar-refractivity contribution in [1.29, 1.82) is 0 Å². The van der Waals surface area contributed by atoms with E-state index < -0.39 is 35.7 Å². The molecule has 0 bridgehead atoms. The summed E-state index contributed by atoms with van der Waals surface area (Å²) in [5.41, 5.74) is 3.26. The van der Waals surface area contributed by atoms with Gasteiger partial charge in [0, 0.05) is 72.2 Å². The number of rotatable bonds is 10. The third-order valence-electron chi connectivity index (χ3n) is 12.1. The standard InChI is InChI=1S/C35H47F5N2O4S/c1-4-22-16-26-24(17-28(22)46-31(44)42-20-33(21-42)18-41(3)19-33)15-23(30-25(26)10-12-32(2)27(30)8-9-29(32)43)7-5-13-47(45)14-6-11-34(36,37)35(38,39)40/h16-17,23,25,27,30H,4-15,18-21H2,1-3H3/t23-,25-,27+,30-,32+,47?/m1/s1. The number of fused-ring (bicyclic) bond motifs is 5. The Morgan fingerprint density at radius 3 is 2.43 bits per heavy atom. The molecule has 1 aromatic rings. The van der Waals surface area contributed by atoms with Crippen molar-refractivity contribution in [2.75, 3.05) is 44.7 Å². The summed E-state index contributed by atoms with van der Waals surface area (Å²) < 4.78 is 82.8. The van der Waals surface area contributed by atoms with E-state index >= 15 is 0 Å². The number of hydrogen-bond donors (Lipinski definition) is 0. The summed E-state index contributed by atoms with van der Waals surface area (Å²) in [6.07, 6.45) is -1.85. The minimum Gasteiger partial charge on any atom is -0.410 e. The number of Topliss-reactive ketones (excluding diaryl/α,β-unsaturated/α-hetero) is 1. The van der Waals surface area contributed by atoms with Crippen molar-refractivity contribution in [2.45, 2.75) is 96.1 Å². The van der Waals surface area contributed by atoms with Gasteiger partial charge in [0.15, 0.2) is 0 Å². The molecule has 3 aliphatic carbocycles. The predicted molar refractivity (Wildman–Crippen MR) is 169 cm³/mol. The zero-order valence-corrected chi connectivity index (χ0v) is 28.4. The van der Waals surface area contributed by atoms with Crippen molar-refractivity contribution in [2.24, 2.45) is 28.6 Å². The predicted octanol–water partition coefficient (Wildman–Crippen LogP) is 7.15. The molecule has 2 heterocycles. The van der Waals surface area contributed by atoms with E-state index in [4.69, 9.17) is 4.74 Å². The Kier molecular flexibility index (Phi) is 9.37. The lowest BCUT2D eigenvalue weighted by Crippen LogP contribution is -2.72. The molecular formula is C35H47F5N2O4S. The minimum atomic E-state index is -5.60. The molecule has 262 valence electrons. The number of halogens is 5. The van der Waals surface area contributed by atoms with E-state index in [-0.39, 0.29) is 52.1 Å². The van der Waals surface area contributed by atoms with Gasteiger partial charge in [-0.2, -0.15) is 22.0 Å². The molecule has 1 spiro atoms. The smallest absolute Gasteiger partial charge is 0.410 e. The molecule has 6 nitrogen and oxygen atoms in total. The number of likely N-dealkylation sites (tertiary alicyclic amines) is 2. The zero-order chi connectivity index (χ0) is 33.9. The van der Waals surface area contributed by atoms with Crippen molar-refractivity contribution in [3.8, 4) is 5.75 Å². The van der Waals surface area contributed by atoms with Gasteiger partial charge in [0.2, 0.25) is 0 Å². The van der Waals surface area contributed by atoms with Gasteiger partial charge in [0.25, 0.3) is 0 Å². The maximum atomic E-state index is 13.3. The monoisotopic (exact) mass is 686 g/mol. The van der Waals surface area contributed by atoms with Crippen LogP contribution >= 0.6 is 0 Å². The van der Waals surface area contributed by atoms with Crippen LogP contribution in [0.25, 0.3) is 0 Å². The molecule has 4 fully saturated rings. The van der Waals surface area contributed by atoms with E-state index in [0.717, 1.165) is 56.3 Å². The molecule has 0 radical (unpaired) electrons. The second-order valence-corrected chi connectivity index (χ2v) is 17.1. The summed E-state index contributed by atoms with van der Waals surface area (Å²) in [7, 11) is 0.579. The van der Waals surface area contributed by atoms with Gasteiger partial charge in [-0.25, -0.2) is 4.79 Å². The Morgan fingerprint density at radius 1 is 1.06 bits per heavy atom. The van der Waals surface area contributed by atoms with Crippen LogP contribution in [0.15, 0.2) is 12.1 Å². The summed E-state index contributed by atoms with van der Waals surface area (Å²) in [5.74, 6) is -2.84. The molecule has 6 rings (SSSR count). The second-order valence-electron chi connectivity index (χ2n) is 15.4. The van der Waals surface area contributed by atoms with E-state index in [0.29, 0.717) is 43.9 Å². The van der Waals surface area contributed by atoms with Gasteiger partial charge in [0.1, 0.15) is 11.5 Å². The van der Waals surface area contributed by atoms with Gasteiger partial charge in [-0.3, -0.25) is 9.00 Å². The summed E-state index contributed by atoms with van der Waals surface area (Å²) in [6, 6.07) is 4.25. The van der Waals surface area contributed by atoms with Gasteiger partial charge in [-0.15, -0.1) is 0 Å². The average molecular weight is 687 g/mol. The number of carbonyl (C=O) groups is 2. The van der Waals surface area contributed by atoms with E-state index in [9.17, 15) is 35.8 Å². The number of ether oxygens (including phenoxy) is 1. The maximum Gasteiger partial charge on any atom is 0.453 e. The lowest BCUT2D eigenvalue weighted by Gasteiger charge is -2.58. The quantitative estimate of drug-likeness (QED) is 0.245. The summed E-state index contributed by atoms with van der Waals surface area (Å²) in [6.45, 7) is 7.57. The molecule has 2 saturated heterocycles. The summed E-state index contributed by atoms with van der Waals surface area (Å²) in [4.78, 5) is 30.2. The third-order valence-corrected chi connectivity index (χ3v) is 13.6. The van der Waals surface area contributed by atoms with Crippen molar-refractivity contribution < 1.29 is 40.5 Å². The average Bonchev–Trinajstić information content (AvgIpc) is 3.26. The van der Waals surface area contributed by atoms with Crippen LogP contribution in [-0.4, -0.2) is 82.7 Å². The molecule has 0 aromatic heterocycles. The van der Waals surface area contributed by atoms with Crippen LogP contribution in [-0.2, 0) is 28.4 Å². The van der Waals surface area contributed by atoms with Crippen molar-refractivity contribution in [3.05, 3.63) is 28.8 Å². The number of carbonyl (C=O) groups excluding carboxylic acids is 2. The highest BCUT2D eigenvalue weighted by Crippen LogP contribution is 2.62. The van der Waals surface area contributed by atoms with Crippen LogP contribution < -0.4 is 4.74 Å². The number of hydrogen-bond acceptors (Lipinski definition) is 5. The first kappa shape index (κ1) is 34.8. The Morgan fingerprint density at radius 2 is 1.77 bits per heavy atom. The molecule has 6 atom stereocenters. The molecule has 2 aliphatic heterocycles. The first-order valence-electron chi connectivity index (χ1n) is 17.2. The number of ketones is 1. The fourth-order valence-corrected chi connectivity index (χ4v) is 11.0. The third kappa shape index (κ3) is 6.51. The van der Waals surface area contributed by atoms with Crippen LogP contribution in [0.2, 0.25) is 0 Å².